The lowest BCUT2D eigenvalue weighted by molar-refractivity contribution is 0.206. The van der Waals surface area contributed by atoms with E-state index in [4.69, 9.17) is 0 Å². The zero-order valence-corrected chi connectivity index (χ0v) is 14.0. The molecule has 0 aliphatic carbocycles. The van der Waals surface area contributed by atoms with Gasteiger partial charge in [0.15, 0.2) is 0 Å². The van der Waals surface area contributed by atoms with Gasteiger partial charge >= 0.3 is 6.03 Å². The molecule has 7 heteroatoms. The van der Waals surface area contributed by atoms with Crippen molar-refractivity contribution in [1.29, 1.82) is 0 Å². The molecular formula is C18H20N6O. The largest absolute Gasteiger partial charge is 0.322 e. The van der Waals surface area contributed by atoms with E-state index in [0.29, 0.717) is 18.8 Å². The third-order valence-corrected chi connectivity index (χ3v) is 3.71. The van der Waals surface area contributed by atoms with Gasteiger partial charge in [-0.05, 0) is 36.2 Å². The molecule has 0 unspecified atom stereocenters. The van der Waals surface area contributed by atoms with Crippen LogP contribution in [-0.2, 0) is 19.6 Å². The van der Waals surface area contributed by atoms with Gasteiger partial charge in [0.2, 0.25) is 0 Å². The fourth-order valence-corrected chi connectivity index (χ4v) is 2.42. The predicted molar refractivity (Wildman–Crippen MR) is 94.6 cm³/mol. The van der Waals surface area contributed by atoms with Gasteiger partial charge < -0.3 is 10.2 Å². The second-order valence-corrected chi connectivity index (χ2v) is 5.59. The molecule has 3 aromatic rings. The number of anilines is 1. The summed E-state index contributed by atoms with van der Waals surface area (Å²) in [6.07, 6.45) is 10.4. The fourth-order valence-electron chi connectivity index (χ4n) is 2.42. The topological polar surface area (TPSA) is 75.9 Å². The van der Waals surface area contributed by atoms with Crippen LogP contribution in [0.1, 0.15) is 18.1 Å². The summed E-state index contributed by atoms with van der Waals surface area (Å²) in [5.41, 5.74) is 2.66. The van der Waals surface area contributed by atoms with Gasteiger partial charge in [-0.1, -0.05) is 6.07 Å². The Hall–Kier alpha value is -3.22. The summed E-state index contributed by atoms with van der Waals surface area (Å²) in [5.74, 6) is 0. The number of urea groups is 1. The molecular weight excluding hydrogens is 316 g/mol. The second kappa shape index (κ2) is 8.05. The van der Waals surface area contributed by atoms with Gasteiger partial charge in [0, 0.05) is 50.6 Å². The zero-order valence-electron chi connectivity index (χ0n) is 14.0. The molecule has 0 aliphatic heterocycles. The minimum Gasteiger partial charge on any atom is -0.316 e. The number of hydrogen-bond donors (Lipinski definition) is 1. The van der Waals surface area contributed by atoms with E-state index in [-0.39, 0.29) is 6.03 Å². The Morgan fingerprint density at radius 2 is 1.88 bits per heavy atom. The van der Waals surface area contributed by atoms with Gasteiger partial charge in [0.25, 0.3) is 0 Å². The van der Waals surface area contributed by atoms with E-state index in [1.165, 1.54) is 0 Å². The van der Waals surface area contributed by atoms with E-state index in [1.54, 1.807) is 40.6 Å². The van der Waals surface area contributed by atoms with E-state index in [0.717, 1.165) is 17.7 Å². The standard InChI is InChI=1S/C18H20N6O/c1-2-24-14-17(11-21-24)22-18(25)23(12-15-5-8-19-9-6-15)13-16-4-3-7-20-10-16/h3-11,14H,2,12-13H2,1H3,(H,22,25). The molecule has 0 radical (unpaired) electrons. The van der Waals surface area contributed by atoms with E-state index in [2.05, 4.69) is 20.4 Å². The predicted octanol–water partition coefficient (Wildman–Crippen LogP) is 2.93. The summed E-state index contributed by atoms with van der Waals surface area (Å²) in [6.45, 7) is 3.69. The summed E-state index contributed by atoms with van der Waals surface area (Å²) in [7, 11) is 0. The van der Waals surface area contributed by atoms with E-state index >= 15 is 0 Å². The molecule has 0 bridgehead atoms. The van der Waals surface area contributed by atoms with Crippen LogP contribution in [0.5, 0.6) is 0 Å². The lowest BCUT2D eigenvalue weighted by Crippen LogP contribution is -2.34. The highest BCUT2D eigenvalue weighted by Crippen LogP contribution is 2.12. The minimum atomic E-state index is -0.184. The highest BCUT2D eigenvalue weighted by atomic mass is 16.2. The Labute approximate surface area is 146 Å². The summed E-state index contributed by atoms with van der Waals surface area (Å²) in [4.78, 5) is 22.6. The molecule has 25 heavy (non-hydrogen) atoms. The van der Waals surface area contributed by atoms with Crippen LogP contribution >= 0.6 is 0 Å². The van der Waals surface area contributed by atoms with Crippen molar-refractivity contribution < 1.29 is 4.79 Å². The number of carbonyl (C=O) groups excluding carboxylic acids is 1. The van der Waals surface area contributed by atoms with Crippen LogP contribution in [0.3, 0.4) is 0 Å². The number of aryl methyl sites for hydroxylation is 1. The van der Waals surface area contributed by atoms with Crippen LogP contribution < -0.4 is 5.32 Å². The van der Waals surface area contributed by atoms with Crippen LogP contribution in [0.2, 0.25) is 0 Å². The maximum Gasteiger partial charge on any atom is 0.322 e. The van der Waals surface area contributed by atoms with Crippen molar-refractivity contribution in [3.63, 3.8) is 0 Å². The molecule has 0 atom stereocenters. The van der Waals surface area contributed by atoms with Crippen LogP contribution in [0, 0.1) is 0 Å². The van der Waals surface area contributed by atoms with Crippen LogP contribution in [0.15, 0.2) is 61.4 Å². The Morgan fingerprint density at radius 3 is 2.56 bits per heavy atom. The molecule has 1 N–H and O–H groups in total. The number of nitrogens with zero attached hydrogens (tertiary/aromatic N) is 5. The van der Waals surface area contributed by atoms with Crippen LogP contribution in [0.4, 0.5) is 10.5 Å². The van der Waals surface area contributed by atoms with Crippen LogP contribution in [0.25, 0.3) is 0 Å². The molecule has 3 rings (SSSR count). The highest BCUT2D eigenvalue weighted by Gasteiger charge is 2.16. The fraction of sp³-hybridized carbons (Fsp3) is 0.222. The minimum absolute atomic E-state index is 0.184. The second-order valence-electron chi connectivity index (χ2n) is 5.59. The average Bonchev–Trinajstić information content (AvgIpc) is 3.10. The number of nitrogens with one attached hydrogen (secondary N) is 1. The first-order valence-electron chi connectivity index (χ1n) is 8.11. The smallest absolute Gasteiger partial charge is 0.316 e. The molecule has 3 heterocycles. The Morgan fingerprint density at radius 1 is 1.08 bits per heavy atom. The molecule has 0 saturated heterocycles. The first kappa shape index (κ1) is 16.6. The third kappa shape index (κ3) is 4.63. The van der Waals surface area contributed by atoms with E-state index in [9.17, 15) is 4.79 Å². The van der Waals surface area contributed by atoms with Crippen molar-refractivity contribution in [2.24, 2.45) is 0 Å². The number of aromatic nitrogens is 4. The number of carbonyl (C=O) groups is 1. The number of pyridine rings is 2. The summed E-state index contributed by atoms with van der Waals surface area (Å²) < 4.78 is 1.77. The summed E-state index contributed by atoms with van der Waals surface area (Å²) >= 11 is 0. The molecule has 0 fully saturated rings. The zero-order chi connectivity index (χ0) is 17.5. The normalized spacial score (nSPS) is 10.4. The Balaban J connectivity index is 1.75. The van der Waals surface area contributed by atoms with E-state index in [1.807, 2.05) is 37.4 Å². The highest BCUT2D eigenvalue weighted by molar-refractivity contribution is 5.89. The van der Waals surface area contributed by atoms with Gasteiger partial charge in [-0.2, -0.15) is 5.10 Å². The van der Waals surface area contributed by atoms with Crippen molar-refractivity contribution in [3.05, 3.63) is 72.6 Å². The lowest BCUT2D eigenvalue weighted by Gasteiger charge is -2.23. The Kier molecular flexibility index (Phi) is 5.36. The first-order chi connectivity index (χ1) is 12.2. The van der Waals surface area contributed by atoms with Gasteiger partial charge in [-0.3, -0.25) is 14.6 Å². The van der Waals surface area contributed by atoms with Crippen molar-refractivity contribution in [1.82, 2.24) is 24.6 Å². The number of rotatable bonds is 6. The number of hydrogen-bond acceptors (Lipinski definition) is 4. The van der Waals surface area contributed by atoms with Crippen molar-refractivity contribution in [2.45, 2.75) is 26.6 Å². The quantitative estimate of drug-likeness (QED) is 0.751. The molecule has 128 valence electrons. The van der Waals surface area contributed by atoms with Crippen molar-refractivity contribution in [2.75, 3.05) is 5.32 Å². The molecule has 0 saturated carbocycles. The monoisotopic (exact) mass is 336 g/mol. The molecule has 2 amide bonds. The molecule has 7 nitrogen and oxygen atoms in total. The van der Waals surface area contributed by atoms with Gasteiger partial charge in [0.05, 0.1) is 11.9 Å². The average molecular weight is 336 g/mol. The SMILES string of the molecule is CCn1cc(NC(=O)N(Cc2ccncc2)Cc2cccnc2)cn1. The maximum absolute atomic E-state index is 12.8. The van der Waals surface area contributed by atoms with Gasteiger partial charge in [-0.25, -0.2) is 4.79 Å². The van der Waals surface area contributed by atoms with Crippen molar-refractivity contribution in [3.8, 4) is 0 Å². The molecule has 3 aromatic heterocycles. The molecule has 0 spiro atoms. The third-order valence-electron chi connectivity index (χ3n) is 3.71. The van der Waals surface area contributed by atoms with Crippen molar-refractivity contribution >= 4 is 11.7 Å². The Bertz CT molecular complexity index is 761. The summed E-state index contributed by atoms with van der Waals surface area (Å²) in [5, 5.41) is 7.09. The van der Waals surface area contributed by atoms with Gasteiger partial charge in [0.1, 0.15) is 0 Å². The van der Waals surface area contributed by atoms with Gasteiger partial charge in [-0.15, -0.1) is 0 Å². The van der Waals surface area contributed by atoms with Crippen LogP contribution in [-0.4, -0.2) is 30.7 Å². The maximum atomic E-state index is 12.8. The summed E-state index contributed by atoms with van der Waals surface area (Å²) in [6, 6.07) is 7.44. The lowest BCUT2D eigenvalue weighted by atomic mass is 10.2. The number of amides is 2. The van der Waals surface area contributed by atoms with E-state index < -0.39 is 0 Å². The molecule has 0 aliphatic rings. The first-order valence-corrected chi connectivity index (χ1v) is 8.11. The molecule has 0 aromatic carbocycles.